The smallest absolute Gasteiger partial charge is 0.384 e. The van der Waals surface area contributed by atoms with Gasteiger partial charge in [-0.3, -0.25) is 0 Å². The van der Waals surface area contributed by atoms with Crippen molar-refractivity contribution in [3.63, 3.8) is 0 Å². The number of hydrogen-bond donors (Lipinski definition) is 0. The van der Waals surface area contributed by atoms with E-state index < -0.39 is 54.1 Å². The minimum Gasteiger partial charge on any atom is -0.384 e. The van der Waals surface area contributed by atoms with Crippen LogP contribution in [-0.2, 0) is 24.8 Å². The average Bonchev–Trinajstić information content (AvgIpc) is 2.51. The second-order valence-corrected chi connectivity index (χ2v) is 18.0. The van der Waals surface area contributed by atoms with E-state index in [0.717, 1.165) is 13.1 Å². The van der Waals surface area contributed by atoms with Gasteiger partial charge in [0.05, 0.1) is 0 Å². The Balaban J connectivity index is 2.69. The molecule has 3 fully saturated rings. The fraction of sp³-hybridized carbons (Fsp3) is 1.00. The predicted octanol–water partition coefficient (Wildman–Crippen LogP) is 3.89. The van der Waals surface area contributed by atoms with E-state index in [2.05, 4.69) is 0 Å². The molecule has 0 aromatic carbocycles. The second-order valence-electron chi connectivity index (χ2n) is 9.07. The van der Waals surface area contributed by atoms with Gasteiger partial charge in [-0.1, -0.05) is 26.9 Å². The Morgan fingerprint density at radius 1 is 0.967 bits per heavy atom. The monoisotopic (exact) mass is 505 g/mol. The molecule has 0 N–H and O–H groups in total. The standard InChI is InChI=1S/C15H25F6NO5S2Si/c1-13(2)9-6-11(13)10(8-27-3)12(7-9)30(4,5)22(28(23,24)14(16,17)18)29(25,26)15(19,20)21/h9-12H,6-8H2,1-5H3. The first-order valence-electron chi connectivity index (χ1n) is 9.07. The quantitative estimate of drug-likeness (QED) is 0.404. The number of halogens is 6. The molecule has 0 spiro atoms. The van der Waals surface area contributed by atoms with Crippen molar-refractivity contribution in [2.24, 2.45) is 23.2 Å². The van der Waals surface area contributed by atoms with Crippen LogP contribution in [0.2, 0.25) is 18.6 Å². The summed E-state index contributed by atoms with van der Waals surface area (Å²) in [5, 5.41) is 0. The van der Waals surface area contributed by atoms with Crippen LogP contribution in [0, 0.1) is 23.2 Å². The van der Waals surface area contributed by atoms with E-state index in [1.807, 2.05) is 13.8 Å². The number of fused-ring (bicyclic) bond motifs is 2. The van der Waals surface area contributed by atoms with Gasteiger partial charge in [-0.25, -0.2) is 16.8 Å². The molecule has 3 aliphatic rings. The molecule has 0 saturated heterocycles. The third-order valence-electron chi connectivity index (χ3n) is 6.88. The SMILES string of the molecule is COCC1C2CC(CC1[Si](C)(C)N(S(=O)(=O)C(F)(F)F)S(=O)(=O)C(F)(F)F)C2(C)C. The third-order valence-corrected chi connectivity index (χ3v) is 17.8. The zero-order valence-corrected chi connectivity index (χ0v) is 19.6. The summed E-state index contributed by atoms with van der Waals surface area (Å²) in [6.45, 7) is 5.70. The molecule has 0 radical (unpaired) electrons. The molecular weight excluding hydrogens is 480 g/mol. The Bertz CT molecular complexity index is 840. The molecule has 6 nitrogen and oxygen atoms in total. The van der Waals surface area contributed by atoms with Gasteiger partial charge in [0.15, 0.2) is 8.24 Å². The lowest BCUT2D eigenvalue weighted by Gasteiger charge is -2.65. The zero-order chi connectivity index (χ0) is 23.7. The maximum absolute atomic E-state index is 13.3. The number of methoxy groups -OCH3 is 1. The molecule has 15 heteroatoms. The largest absolute Gasteiger partial charge is 0.512 e. The molecule has 4 unspecified atom stereocenters. The van der Waals surface area contributed by atoms with Gasteiger partial charge in [-0.15, -0.1) is 3.38 Å². The van der Waals surface area contributed by atoms with Crippen LogP contribution in [0.3, 0.4) is 0 Å². The molecule has 0 amide bonds. The molecule has 0 aliphatic heterocycles. The molecule has 2 bridgehead atoms. The van der Waals surface area contributed by atoms with Crippen LogP contribution < -0.4 is 0 Å². The van der Waals surface area contributed by atoms with Crippen molar-refractivity contribution in [2.45, 2.75) is 56.3 Å². The van der Waals surface area contributed by atoms with Gasteiger partial charge in [0.25, 0.3) is 0 Å². The topological polar surface area (TPSA) is 80.8 Å². The van der Waals surface area contributed by atoms with Crippen LogP contribution in [0.1, 0.15) is 26.7 Å². The molecule has 3 saturated carbocycles. The van der Waals surface area contributed by atoms with Crippen LogP contribution in [-0.4, -0.2) is 53.2 Å². The normalized spacial score (nSPS) is 30.3. The van der Waals surface area contributed by atoms with Crippen LogP contribution in [0.4, 0.5) is 26.3 Å². The molecule has 3 rings (SSSR count). The van der Waals surface area contributed by atoms with E-state index in [-0.39, 0.29) is 30.3 Å². The first-order valence-corrected chi connectivity index (χ1v) is 15.0. The average molecular weight is 506 g/mol. The molecule has 178 valence electrons. The Morgan fingerprint density at radius 3 is 1.73 bits per heavy atom. The highest BCUT2D eigenvalue weighted by atomic mass is 32.3. The van der Waals surface area contributed by atoms with Gasteiger partial charge in [0.1, 0.15) is 0 Å². The van der Waals surface area contributed by atoms with Crippen LogP contribution in [0.15, 0.2) is 0 Å². The van der Waals surface area contributed by atoms with E-state index in [0.29, 0.717) is 6.42 Å². The highest BCUT2D eigenvalue weighted by Gasteiger charge is 2.70. The van der Waals surface area contributed by atoms with Gasteiger partial charge >= 0.3 is 31.1 Å². The minimum absolute atomic E-state index is 0.0200. The van der Waals surface area contributed by atoms with Crippen molar-refractivity contribution in [3.8, 4) is 0 Å². The van der Waals surface area contributed by atoms with E-state index in [9.17, 15) is 43.2 Å². The lowest BCUT2D eigenvalue weighted by Crippen LogP contribution is -2.67. The summed E-state index contributed by atoms with van der Waals surface area (Å²) in [5.41, 5.74) is -13.6. The van der Waals surface area contributed by atoms with Crippen molar-refractivity contribution in [3.05, 3.63) is 0 Å². The number of sulfonamides is 2. The van der Waals surface area contributed by atoms with Gasteiger partial charge in [-0.2, -0.15) is 26.3 Å². The van der Waals surface area contributed by atoms with Crippen LogP contribution in [0.5, 0.6) is 0 Å². The fourth-order valence-electron chi connectivity index (χ4n) is 5.25. The summed E-state index contributed by atoms with van der Waals surface area (Å²) in [4.78, 5) is 0. The van der Waals surface area contributed by atoms with Gasteiger partial charge in [0.2, 0.25) is 0 Å². The highest BCUT2D eigenvalue weighted by molar-refractivity contribution is 8.06. The zero-order valence-electron chi connectivity index (χ0n) is 17.0. The van der Waals surface area contributed by atoms with E-state index >= 15 is 0 Å². The Labute approximate surface area is 173 Å². The predicted molar refractivity (Wildman–Crippen MR) is 98.4 cm³/mol. The van der Waals surface area contributed by atoms with Crippen LogP contribution >= 0.6 is 0 Å². The van der Waals surface area contributed by atoms with Crippen molar-refractivity contribution >= 4 is 28.3 Å². The first-order chi connectivity index (χ1) is 13.1. The lowest BCUT2D eigenvalue weighted by molar-refractivity contribution is -0.121. The van der Waals surface area contributed by atoms with Crippen molar-refractivity contribution < 1.29 is 47.9 Å². The molecule has 0 aromatic rings. The summed E-state index contributed by atoms with van der Waals surface area (Å²) in [7, 11) is -16.8. The summed E-state index contributed by atoms with van der Waals surface area (Å²) in [5.74, 6) is -0.751. The minimum atomic E-state index is -6.81. The number of alkyl halides is 6. The highest BCUT2D eigenvalue weighted by Crippen LogP contribution is 2.67. The molecule has 0 aromatic heterocycles. The maximum atomic E-state index is 13.3. The van der Waals surface area contributed by atoms with E-state index in [1.54, 1.807) is 0 Å². The van der Waals surface area contributed by atoms with Crippen molar-refractivity contribution in [1.82, 2.24) is 3.38 Å². The summed E-state index contributed by atoms with van der Waals surface area (Å²) < 4.78 is 132. The second kappa shape index (κ2) is 7.32. The number of rotatable bonds is 6. The van der Waals surface area contributed by atoms with Crippen LogP contribution in [0.25, 0.3) is 0 Å². The van der Waals surface area contributed by atoms with Crippen molar-refractivity contribution in [2.75, 3.05) is 13.7 Å². The van der Waals surface area contributed by atoms with Gasteiger partial charge in [0, 0.05) is 13.7 Å². The maximum Gasteiger partial charge on any atom is 0.512 e. The lowest BCUT2D eigenvalue weighted by atomic mass is 9.45. The van der Waals surface area contributed by atoms with E-state index in [4.69, 9.17) is 4.74 Å². The molecule has 0 heterocycles. The molecule has 4 atom stereocenters. The van der Waals surface area contributed by atoms with E-state index in [1.165, 1.54) is 7.11 Å². The van der Waals surface area contributed by atoms with Gasteiger partial charge in [-0.05, 0) is 41.6 Å². The summed E-state index contributed by atoms with van der Waals surface area (Å²) in [6, 6.07) is 0. The Morgan fingerprint density at radius 2 is 1.40 bits per heavy atom. The fourth-order valence-corrected chi connectivity index (χ4v) is 16.1. The first kappa shape index (κ1) is 25.9. The van der Waals surface area contributed by atoms with Crippen molar-refractivity contribution in [1.29, 1.82) is 0 Å². The molecular formula is C15H25F6NO5S2Si. The summed E-state index contributed by atoms with van der Waals surface area (Å²) >= 11 is 0. The Kier molecular flexibility index (Phi) is 6.31. The third kappa shape index (κ3) is 3.71. The number of ether oxygens (including phenoxy) is 1. The molecule has 3 aliphatic carbocycles. The summed E-state index contributed by atoms with van der Waals surface area (Å²) in [6.07, 6.45) is 0.814. The Hall–Kier alpha value is -0.383. The molecule has 30 heavy (non-hydrogen) atoms. The number of nitrogens with zero attached hydrogens (tertiary/aromatic N) is 1. The number of hydrogen-bond acceptors (Lipinski definition) is 5. The van der Waals surface area contributed by atoms with Gasteiger partial charge < -0.3 is 4.74 Å².